The van der Waals surface area contributed by atoms with Crippen molar-refractivity contribution in [1.29, 1.82) is 0 Å². The largest absolute Gasteiger partial charge is 0.694 e. The second-order valence-corrected chi connectivity index (χ2v) is 6.99. The van der Waals surface area contributed by atoms with Gasteiger partial charge in [0.05, 0.1) is 0 Å². The summed E-state index contributed by atoms with van der Waals surface area (Å²) in [6.45, 7) is 1.49. The van der Waals surface area contributed by atoms with Crippen LogP contribution in [0.2, 0.25) is 0 Å². The van der Waals surface area contributed by atoms with E-state index in [0.29, 0.717) is 5.56 Å². The van der Waals surface area contributed by atoms with Crippen molar-refractivity contribution in [2.75, 3.05) is 6.61 Å². The third-order valence-electron chi connectivity index (χ3n) is 2.57. The van der Waals surface area contributed by atoms with Gasteiger partial charge in [-0.2, -0.15) is 0 Å². The molecule has 1 unspecified atom stereocenters. The molecular weight excluding hydrogens is 449 g/mol. The SMILES string of the molecule is Cc1cn([C@H]2C=C[C@@H](CO[P+](=O)O)O2)c(=O)[nH]c1=O.O=P(O)(O)O.O=[P+](O)O. The average molecular weight is 466 g/mol. The minimum Gasteiger partial charge on any atom is -0.344 e. The van der Waals surface area contributed by atoms with E-state index >= 15 is 0 Å². The van der Waals surface area contributed by atoms with Gasteiger partial charge in [-0.15, -0.1) is 19.2 Å². The summed E-state index contributed by atoms with van der Waals surface area (Å²) in [5.74, 6) is 0. The molecule has 1 aliphatic rings. The molecule has 0 saturated carbocycles. The topological polar surface area (TPSA) is 246 Å². The number of ether oxygens (including phenoxy) is 1. The molecule has 1 aromatic rings. The van der Waals surface area contributed by atoms with Gasteiger partial charge in [-0.1, -0.05) is 6.08 Å². The Hall–Kier alpha value is -1.47. The summed E-state index contributed by atoms with van der Waals surface area (Å²) in [7, 11) is -10.2. The molecule has 158 valence electrons. The molecule has 0 radical (unpaired) electrons. The Morgan fingerprint density at radius 1 is 1.21 bits per heavy atom. The summed E-state index contributed by atoms with van der Waals surface area (Å²) in [6, 6.07) is 0. The van der Waals surface area contributed by atoms with Gasteiger partial charge in [-0.3, -0.25) is 14.3 Å². The lowest BCUT2D eigenvalue weighted by Gasteiger charge is -2.14. The first-order valence-corrected chi connectivity index (χ1v) is 10.6. The van der Waals surface area contributed by atoms with Crippen LogP contribution >= 0.6 is 24.3 Å². The molecule has 18 heteroatoms. The Morgan fingerprint density at radius 2 is 1.71 bits per heavy atom. The fourth-order valence-corrected chi connectivity index (χ4v) is 1.93. The number of aryl methyl sites for hydroxylation is 1. The monoisotopic (exact) mass is 466 g/mol. The molecule has 1 aliphatic heterocycles. The van der Waals surface area contributed by atoms with E-state index in [9.17, 15) is 14.2 Å². The number of H-pyrrole nitrogens is 1. The number of hydrogen-bond donors (Lipinski definition) is 7. The zero-order valence-electron chi connectivity index (χ0n) is 13.9. The predicted molar refractivity (Wildman–Crippen MR) is 91.2 cm³/mol. The number of rotatable bonds is 4. The Bertz CT molecular complexity index is 860. The van der Waals surface area contributed by atoms with Crippen LogP contribution in [-0.4, -0.2) is 51.6 Å². The summed E-state index contributed by atoms with van der Waals surface area (Å²) in [5, 5.41) is 0. The first kappa shape index (κ1) is 26.5. The van der Waals surface area contributed by atoms with Gasteiger partial charge in [0, 0.05) is 20.9 Å². The second-order valence-electron chi connectivity index (χ2n) is 4.73. The molecule has 0 fully saturated rings. The highest BCUT2D eigenvalue weighted by Gasteiger charge is 2.25. The molecule has 7 N–H and O–H groups in total. The van der Waals surface area contributed by atoms with Crippen molar-refractivity contribution in [3.8, 4) is 0 Å². The van der Waals surface area contributed by atoms with Gasteiger partial charge in [0.25, 0.3) is 5.56 Å². The number of nitrogens with one attached hydrogen (secondary N) is 1. The van der Waals surface area contributed by atoms with Crippen molar-refractivity contribution in [2.24, 2.45) is 0 Å². The molecule has 0 aliphatic carbocycles. The molecule has 0 amide bonds. The lowest BCUT2D eigenvalue weighted by atomic mass is 10.3. The fraction of sp³-hybridized carbons (Fsp3) is 0.400. The minimum absolute atomic E-state index is 0.0875. The van der Waals surface area contributed by atoms with E-state index in [0.717, 1.165) is 0 Å². The fourth-order valence-electron chi connectivity index (χ4n) is 1.65. The van der Waals surface area contributed by atoms with Crippen LogP contribution in [0, 0.1) is 6.92 Å². The third kappa shape index (κ3) is 12.8. The maximum atomic E-state index is 11.6. The average Bonchev–Trinajstić information content (AvgIpc) is 2.95. The lowest BCUT2D eigenvalue weighted by Crippen LogP contribution is -2.33. The van der Waals surface area contributed by atoms with E-state index in [4.69, 9.17) is 43.2 Å². The van der Waals surface area contributed by atoms with Crippen molar-refractivity contribution in [3.63, 3.8) is 0 Å². The highest BCUT2D eigenvalue weighted by molar-refractivity contribution is 7.45. The van der Waals surface area contributed by atoms with Crippen LogP contribution in [0.4, 0.5) is 0 Å². The van der Waals surface area contributed by atoms with Crippen LogP contribution in [-0.2, 0) is 23.0 Å². The molecule has 0 bridgehead atoms. The van der Waals surface area contributed by atoms with Crippen LogP contribution < -0.4 is 11.2 Å². The van der Waals surface area contributed by atoms with Gasteiger partial charge < -0.3 is 19.4 Å². The van der Waals surface area contributed by atoms with Gasteiger partial charge in [0.1, 0.15) is 12.7 Å². The van der Waals surface area contributed by atoms with Crippen molar-refractivity contribution >= 4 is 24.3 Å². The van der Waals surface area contributed by atoms with Crippen LogP contribution in [0.15, 0.2) is 27.9 Å². The minimum atomic E-state index is -4.64. The van der Waals surface area contributed by atoms with Crippen LogP contribution in [0.5, 0.6) is 0 Å². The van der Waals surface area contributed by atoms with Crippen molar-refractivity contribution in [1.82, 2.24) is 9.55 Å². The maximum absolute atomic E-state index is 11.6. The van der Waals surface area contributed by atoms with E-state index < -0.39 is 47.9 Å². The molecule has 0 saturated heterocycles. The molecular formula is C10H17N2O13P3+2. The molecule has 2 heterocycles. The first-order valence-electron chi connectivity index (χ1n) is 6.79. The smallest absolute Gasteiger partial charge is 0.344 e. The molecule has 28 heavy (non-hydrogen) atoms. The summed E-state index contributed by atoms with van der Waals surface area (Å²) < 4.78 is 39.2. The highest BCUT2D eigenvalue weighted by atomic mass is 31.2. The number of nitrogens with zero attached hydrogens (tertiary/aromatic N) is 1. The van der Waals surface area contributed by atoms with Crippen molar-refractivity contribution in [3.05, 3.63) is 44.8 Å². The molecule has 1 aromatic heterocycles. The van der Waals surface area contributed by atoms with Crippen LogP contribution in [0.3, 0.4) is 0 Å². The summed E-state index contributed by atoms with van der Waals surface area (Å²) in [6.07, 6.45) is 3.43. The van der Waals surface area contributed by atoms with Gasteiger partial charge in [-0.25, -0.2) is 9.36 Å². The van der Waals surface area contributed by atoms with Crippen LogP contribution in [0.1, 0.15) is 11.8 Å². The zero-order chi connectivity index (χ0) is 22.1. The number of aromatic nitrogens is 2. The quantitative estimate of drug-likeness (QED) is 0.201. The van der Waals surface area contributed by atoms with Crippen LogP contribution in [0.25, 0.3) is 0 Å². The first-order chi connectivity index (χ1) is 12.7. The van der Waals surface area contributed by atoms with E-state index in [1.54, 1.807) is 19.1 Å². The van der Waals surface area contributed by atoms with Crippen molar-refractivity contribution in [2.45, 2.75) is 19.3 Å². The van der Waals surface area contributed by atoms with E-state index in [1.807, 2.05) is 0 Å². The normalized spacial score (nSPS) is 18.5. The second kappa shape index (κ2) is 12.2. The van der Waals surface area contributed by atoms with E-state index in [-0.39, 0.29) is 6.61 Å². The Morgan fingerprint density at radius 3 is 2.18 bits per heavy atom. The van der Waals surface area contributed by atoms with E-state index in [1.165, 1.54) is 10.8 Å². The molecule has 0 aromatic carbocycles. The molecule has 2 rings (SSSR count). The van der Waals surface area contributed by atoms with Gasteiger partial charge in [-0.05, 0) is 13.0 Å². The number of phosphoric acid groups is 1. The van der Waals surface area contributed by atoms with Crippen molar-refractivity contribution < 1.29 is 52.3 Å². The number of aromatic amines is 1. The maximum Gasteiger partial charge on any atom is 0.694 e. The third-order valence-corrected chi connectivity index (χ3v) is 2.94. The van der Waals surface area contributed by atoms with Gasteiger partial charge in [0.2, 0.25) is 0 Å². The van der Waals surface area contributed by atoms with E-state index in [2.05, 4.69) is 9.51 Å². The predicted octanol–water partition coefficient (Wildman–Crippen LogP) is -1.34. The Labute approximate surface area is 157 Å². The number of hydrogen-bond acceptors (Lipinski definition) is 7. The summed E-state index contributed by atoms with van der Waals surface area (Å²) in [4.78, 5) is 69.4. The summed E-state index contributed by atoms with van der Waals surface area (Å²) in [5.41, 5.74) is -0.643. The highest BCUT2D eigenvalue weighted by Crippen LogP contribution is 2.26. The lowest BCUT2D eigenvalue weighted by molar-refractivity contribution is -0.00589. The Kier molecular flexibility index (Phi) is 11.5. The molecule has 15 nitrogen and oxygen atoms in total. The zero-order valence-corrected chi connectivity index (χ0v) is 16.6. The molecule has 0 spiro atoms. The summed E-state index contributed by atoms with van der Waals surface area (Å²) >= 11 is 0. The Balaban J connectivity index is 0.000000681. The standard InChI is InChI=1S/C10H11N2O6P.H3O4P.HO3P/c1-6-4-12(10(14)11-9(6)13)8-3-2-7(18-8)5-17-19(15)16;1-5(2,3)4;1-4(2)3/h2-4,7-8H,5H2,1H3,(H-,11,13,14,15,16);(H3,1,2,3,4);(H-,1,2,3)/p+2/t7-,8+;;/m0../s1. The van der Waals surface area contributed by atoms with Gasteiger partial charge in [0.15, 0.2) is 6.23 Å². The molecule has 3 atom stereocenters. The van der Waals surface area contributed by atoms with Gasteiger partial charge >= 0.3 is 30.0 Å².